The van der Waals surface area contributed by atoms with Crippen molar-refractivity contribution in [2.45, 2.75) is 6.54 Å². The number of thiophene rings is 1. The number of benzene rings is 1. The minimum atomic E-state index is -0.975. The molecule has 0 aliphatic carbocycles. The number of hydrogen-bond donors (Lipinski definition) is 1. The molecule has 0 unspecified atom stereocenters. The van der Waals surface area contributed by atoms with Crippen LogP contribution in [-0.2, 0) is 6.54 Å². The molecule has 0 saturated heterocycles. The van der Waals surface area contributed by atoms with Crippen molar-refractivity contribution < 1.29 is 13.7 Å². The Morgan fingerprint density at radius 2 is 2.17 bits per heavy atom. The Hall–Kier alpha value is -2.02. The normalized spacial score (nSPS) is 10.3. The Kier molecular flexibility index (Phi) is 3.52. The van der Waals surface area contributed by atoms with Crippen LogP contribution in [0.2, 0.25) is 0 Å². The summed E-state index contributed by atoms with van der Waals surface area (Å²) in [5.74, 6) is -1.95. The highest BCUT2D eigenvalue weighted by Crippen LogP contribution is 2.29. The lowest BCUT2D eigenvalue weighted by molar-refractivity contribution is -0.384. The van der Waals surface area contributed by atoms with Gasteiger partial charge in [-0.3, -0.25) is 10.1 Å². The smallest absolute Gasteiger partial charge is 0.298 e. The number of hydrogen-bond acceptors (Lipinski definition) is 4. The zero-order valence-electron chi connectivity index (χ0n) is 9.02. The Morgan fingerprint density at radius 1 is 1.39 bits per heavy atom. The van der Waals surface area contributed by atoms with Crippen LogP contribution >= 0.6 is 11.3 Å². The van der Waals surface area contributed by atoms with E-state index in [2.05, 4.69) is 5.32 Å². The summed E-state index contributed by atoms with van der Waals surface area (Å²) in [4.78, 5) is 9.90. The second kappa shape index (κ2) is 5.09. The Morgan fingerprint density at radius 3 is 2.78 bits per heavy atom. The molecule has 0 aliphatic heterocycles. The van der Waals surface area contributed by atoms with Gasteiger partial charge in [-0.1, -0.05) is 0 Å². The molecule has 2 rings (SSSR count). The third kappa shape index (κ3) is 2.62. The first-order valence-corrected chi connectivity index (χ1v) is 5.90. The first-order valence-electron chi connectivity index (χ1n) is 4.96. The second-order valence-electron chi connectivity index (χ2n) is 3.52. The molecule has 0 spiro atoms. The van der Waals surface area contributed by atoms with Gasteiger partial charge in [-0.25, -0.2) is 8.78 Å². The van der Waals surface area contributed by atoms with Gasteiger partial charge in [0.1, 0.15) is 11.5 Å². The van der Waals surface area contributed by atoms with E-state index in [1.54, 1.807) is 0 Å². The number of anilines is 1. The molecule has 0 fully saturated rings. The zero-order chi connectivity index (χ0) is 13.1. The molecular formula is C11H8F2N2O2S. The molecule has 7 heteroatoms. The molecule has 0 radical (unpaired) electrons. The zero-order valence-corrected chi connectivity index (χ0v) is 9.84. The number of nitro groups is 1. The minimum absolute atomic E-state index is 0.243. The summed E-state index contributed by atoms with van der Waals surface area (Å²) in [7, 11) is 0. The molecule has 1 aromatic carbocycles. The van der Waals surface area contributed by atoms with Gasteiger partial charge in [-0.15, -0.1) is 0 Å². The molecular weight excluding hydrogens is 262 g/mol. The molecule has 0 atom stereocenters. The highest BCUT2D eigenvalue weighted by atomic mass is 32.1. The maximum atomic E-state index is 13.5. The fourth-order valence-corrected chi connectivity index (χ4v) is 2.13. The summed E-state index contributed by atoms with van der Waals surface area (Å²) >= 11 is 1.46. The van der Waals surface area contributed by atoms with Crippen LogP contribution in [0.4, 0.5) is 20.2 Å². The van der Waals surface area contributed by atoms with E-state index in [1.807, 2.05) is 16.8 Å². The molecule has 1 N–H and O–H groups in total. The van der Waals surface area contributed by atoms with Crippen LogP contribution in [0.1, 0.15) is 5.56 Å². The number of nitrogens with zero attached hydrogens (tertiary/aromatic N) is 1. The molecule has 4 nitrogen and oxygen atoms in total. The Labute approximate surface area is 105 Å². The quantitative estimate of drug-likeness (QED) is 0.682. The molecule has 1 heterocycles. The molecule has 0 saturated carbocycles. The number of halogens is 2. The SMILES string of the molecule is O=[N+]([O-])c1cc(F)cc(F)c1NCc1ccsc1. The monoisotopic (exact) mass is 270 g/mol. The average molecular weight is 270 g/mol. The molecule has 0 aliphatic rings. The van der Waals surface area contributed by atoms with Gasteiger partial charge < -0.3 is 5.32 Å². The van der Waals surface area contributed by atoms with Crippen molar-refractivity contribution >= 4 is 22.7 Å². The van der Waals surface area contributed by atoms with Gasteiger partial charge in [0, 0.05) is 12.6 Å². The molecule has 94 valence electrons. The third-order valence-corrected chi connectivity index (χ3v) is 3.01. The van der Waals surface area contributed by atoms with Crippen molar-refractivity contribution in [3.63, 3.8) is 0 Å². The van der Waals surface area contributed by atoms with E-state index in [-0.39, 0.29) is 12.2 Å². The van der Waals surface area contributed by atoms with Gasteiger partial charge in [0.25, 0.3) is 5.69 Å². The predicted octanol–water partition coefficient (Wildman–Crippen LogP) is 3.55. The maximum absolute atomic E-state index is 13.5. The lowest BCUT2D eigenvalue weighted by Crippen LogP contribution is -2.05. The van der Waals surface area contributed by atoms with Crippen LogP contribution in [0.5, 0.6) is 0 Å². The van der Waals surface area contributed by atoms with Crippen molar-refractivity contribution in [2.75, 3.05) is 5.32 Å². The van der Waals surface area contributed by atoms with E-state index < -0.39 is 22.2 Å². The molecule has 18 heavy (non-hydrogen) atoms. The average Bonchev–Trinajstić information content (AvgIpc) is 2.79. The van der Waals surface area contributed by atoms with Gasteiger partial charge in [-0.05, 0) is 22.4 Å². The van der Waals surface area contributed by atoms with Crippen LogP contribution in [0.25, 0.3) is 0 Å². The van der Waals surface area contributed by atoms with Crippen LogP contribution < -0.4 is 5.32 Å². The maximum Gasteiger partial charge on any atom is 0.298 e. The lowest BCUT2D eigenvalue weighted by atomic mass is 10.2. The van der Waals surface area contributed by atoms with Crippen molar-refractivity contribution in [3.8, 4) is 0 Å². The molecule has 2 aromatic rings. The topological polar surface area (TPSA) is 55.2 Å². The van der Waals surface area contributed by atoms with Crippen molar-refractivity contribution in [1.29, 1.82) is 0 Å². The van der Waals surface area contributed by atoms with Gasteiger partial charge >= 0.3 is 0 Å². The van der Waals surface area contributed by atoms with E-state index in [9.17, 15) is 18.9 Å². The number of rotatable bonds is 4. The lowest BCUT2D eigenvalue weighted by Gasteiger charge is -2.07. The summed E-state index contributed by atoms with van der Waals surface area (Å²) in [6.07, 6.45) is 0. The molecule has 1 aromatic heterocycles. The minimum Gasteiger partial charge on any atom is -0.373 e. The van der Waals surface area contributed by atoms with Gasteiger partial charge in [0.15, 0.2) is 5.82 Å². The fourth-order valence-electron chi connectivity index (χ4n) is 1.46. The first-order chi connectivity index (χ1) is 8.58. The second-order valence-corrected chi connectivity index (χ2v) is 4.30. The van der Waals surface area contributed by atoms with Crippen LogP contribution in [-0.4, -0.2) is 4.92 Å². The van der Waals surface area contributed by atoms with E-state index in [4.69, 9.17) is 0 Å². The van der Waals surface area contributed by atoms with Gasteiger partial charge in [0.2, 0.25) is 0 Å². The van der Waals surface area contributed by atoms with E-state index in [1.165, 1.54) is 11.3 Å². The van der Waals surface area contributed by atoms with Crippen LogP contribution in [0, 0.1) is 21.7 Å². The summed E-state index contributed by atoms with van der Waals surface area (Å²) in [6, 6.07) is 3.12. The fraction of sp³-hybridized carbons (Fsp3) is 0.0909. The van der Waals surface area contributed by atoms with Gasteiger partial charge in [0.05, 0.1) is 11.0 Å². The van der Waals surface area contributed by atoms with E-state index in [0.717, 1.165) is 5.56 Å². The van der Waals surface area contributed by atoms with E-state index >= 15 is 0 Å². The summed E-state index contributed by atoms with van der Waals surface area (Å²) < 4.78 is 26.4. The first kappa shape index (κ1) is 12.4. The molecule has 0 amide bonds. The highest BCUT2D eigenvalue weighted by Gasteiger charge is 2.20. The Balaban J connectivity index is 2.28. The third-order valence-electron chi connectivity index (χ3n) is 2.28. The van der Waals surface area contributed by atoms with Crippen LogP contribution in [0.3, 0.4) is 0 Å². The summed E-state index contributed by atoms with van der Waals surface area (Å²) in [5, 5.41) is 17.0. The summed E-state index contributed by atoms with van der Waals surface area (Å²) in [6.45, 7) is 0.243. The van der Waals surface area contributed by atoms with Gasteiger partial charge in [-0.2, -0.15) is 11.3 Å². The largest absolute Gasteiger partial charge is 0.373 e. The molecule has 0 bridgehead atoms. The van der Waals surface area contributed by atoms with Crippen molar-refractivity contribution in [1.82, 2.24) is 0 Å². The summed E-state index contributed by atoms with van der Waals surface area (Å²) in [5.41, 5.74) is -0.0339. The van der Waals surface area contributed by atoms with Crippen LogP contribution in [0.15, 0.2) is 29.0 Å². The number of nitrogens with one attached hydrogen (secondary N) is 1. The van der Waals surface area contributed by atoms with Crippen molar-refractivity contribution in [3.05, 3.63) is 56.3 Å². The van der Waals surface area contributed by atoms with E-state index in [0.29, 0.717) is 12.1 Å². The number of nitro benzene ring substituents is 1. The standard InChI is InChI=1S/C11H8F2N2O2S/c12-8-3-9(13)11(10(4-8)15(16)17)14-5-7-1-2-18-6-7/h1-4,6,14H,5H2. The predicted molar refractivity (Wildman–Crippen MR) is 64.7 cm³/mol. The highest BCUT2D eigenvalue weighted by molar-refractivity contribution is 7.07. The van der Waals surface area contributed by atoms with Crippen molar-refractivity contribution in [2.24, 2.45) is 0 Å². The Bertz CT molecular complexity index is 573.